The van der Waals surface area contributed by atoms with Crippen molar-refractivity contribution in [1.82, 2.24) is 20.6 Å². The highest BCUT2D eigenvalue weighted by molar-refractivity contribution is 5.94. The largest absolute Gasteiger partial charge is 0.497 e. The topological polar surface area (TPSA) is 117 Å². The summed E-state index contributed by atoms with van der Waals surface area (Å²) in [5, 5.41) is 9.95. The first-order valence-corrected chi connectivity index (χ1v) is 14.0. The normalized spacial score (nSPS) is 15.1. The Labute approximate surface area is 240 Å². The lowest BCUT2D eigenvalue weighted by Crippen LogP contribution is -2.52. The van der Waals surface area contributed by atoms with Crippen LogP contribution in [0.4, 0.5) is 10.5 Å². The first kappa shape index (κ1) is 28.0. The molecule has 214 valence electrons. The van der Waals surface area contributed by atoms with Crippen LogP contribution in [0.5, 0.6) is 11.5 Å². The number of ether oxygens (including phenoxy) is 2. The SMILES string of the molecule is COc1ccc(NC(=O)N[C@H](Cc2c[nH]c3ccccc23)C(=O)NCC2(c3ccc(OC)cn3)CCCCC2)cc1. The second-order valence-corrected chi connectivity index (χ2v) is 10.6. The van der Waals surface area contributed by atoms with Crippen LogP contribution in [0.2, 0.25) is 0 Å². The third-order valence-corrected chi connectivity index (χ3v) is 8.00. The van der Waals surface area contributed by atoms with E-state index < -0.39 is 12.1 Å². The van der Waals surface area contributed by atoms with Gasteiger partial charge in [-0.05, 0) is 60.9 Å². The van der Waals surface area contributed by atoms with E-state index in [-0.39, 0.29) is 11.3 Å². The summed E-state index contributed by atoms with van der Waals surface area (Å²) >= 11 is 0. The van der Waals surface area contributed by atoms with Crippen LogP contribution < -0.4 is 25.4 Å². The van der Waals surface area contributed by atoms with E-state index in [1.807, 2.05) is 42.6 Å². The van der Waals surface area contributed by atoms with Gasteiger partial charge in [0, 0.05) is 46.9 Å². The highest BCUT2D eigenvalue weighted by Crippen LogP contribution is 2.38. The third-order valence-electron chi connectivity index (χ3n) is 8.00. The van der Waals surface area contributed by atoms with E-state index in [0.29, 0.717) is 30.2 Å². The van der Waals surface area contributed by atoms with Crippen molar-refractivity contribution in [2.45, 2.75) is 50.0 Å². The van der Waals surface area contributed by atoms with E-state index in [1.54, 1.807) is 44.7 Å². The molecule has 1 aliphatic rings. The van der Waals surface area contributed by atoms with E-state index in [9.17, 15) is 9.59 Å². The number of aromatic nitrogens is 2. The molecular formula is C32H37N5O4. The Morgan fingerprint density at radius 3 is 2.39 bits per heavy atom. The van der Waals surface area contributed by atoms with Crippen molar-refractivity contribution in [3.05, 3.63) is 84.3 Å². The zero-order chi connectivity index (χ0) is 28.7. The number of nitrogens with zero attached hydrogens (tertiary/aromatic N) is 1. The smallest absolute Gasteiger partial charge is 0.319 e. The number of methoxy groups -OCH3 is 2. The van der Waals surface area contributed by atoms with Gasteiger partial charge in [0.1, 0.15) is 17.5 Å². The fourth-order valence-electron chi connectivity index (χ4n) is 5.68. The Bertz CT molecular complexity index is 1460. The number of urea groups is 1. The van der Waals surface area contributed by atoms with Crippen LogP contribution in [-0.4, -0.2) is 48.7 Å². The van der Waals surface area contributed by atoms with E-state index in [2.05, 4.69) is 20.9 Å². The number of carbonyl (C=O) groups excluding carboxylic acids is 2. The van der Waals surface area contributed by atoms with Gasteiger partial charge in [0.2, 0.25) is 5.91 Å². The van der Waals surface area contributed by atoms with Crippen LogP contribution in [0.25, 0.3) is 10.9 Å². The number of pyridine rings is 1. The predicted molar refractivity (Wildman–Crippen MR) is 160 cm³/mol. The van der Waals surface area contributed by atoms with E-state index in [1.165, 1.54) is 6.42 Å². The molecule has 1 aliphatic carbocycles. The minimum Gasteiger partial charge on any atom is -0.497 e. The summed E-state index contributed by atoms with van der Waals surface area (Å²) in [4.78, 5) is 34.8. The molecule has 1 saturated carbocycles. The minimum absolute atomic E-state index is 0.237. The van der Waals surface area contributed by atoms with Crippen LogP contribution >= 0.6 is 0 Å². The van der Waals surface area contributed by atoms with Gasteiger partial charge in [-0.3, -0.25) is 9.78 Å². The molecule has 9 heteroatoms. The molecule has 0 unspecified atom stereocenters. The van der Waals surface area contributed by atoms with Crippen LogP contribution in [0, 0.1) is 0 Å². The standard InChI is InChI=1S/C32H37N5O4/c1-40-24-12-10-23(11-13-24)36-31(39)37-28(18-22-19-33-27-9-5-4-8-26(22)27)30(38)35-21-32(16-6-3-7-17-32)29-15-14-25(41-2)20-34-29/h4-5,8-15,19-20,28,33H,3,6-7,16-18,21H2,1-2H3,(H,35,38)(H2,36,37,39)/t28-/m1/s1. The quantitative estimate of drug-likeness (QED) is 0.211. The van der Waals surface area contributed by atoms with E-state index in [0.717, 1.165) is 47.8 Å². The number of para-hydroxylation sites is 1. The van der Waals surface area contributed by atoms with Crippen molar-refractivity contribution in [2.75, 3.05) is 26.1 Å². The summed E-state index contributed by atoms with van der Waals surface area (Å²) in [5.41, 5.74) is 3.22. The molecule has 0 spiro atoms. The lowest BCUT2D eigenvalue weighted by Gasteiger charge is -2.37. The summed E-state index contributed by atoms with van der Waals surface area (Å²) in [5.74, 6) is 1.16. The molecule has 4 N–H and O–H groups in total. The van der Waals surface area contributed by atoms with Gasteiger partial charge >= 0.3 is 6.03 Å². The van der Waals surface area contributed by atoms with Crippen molar-refractivity contribution in [1.29, 1.82) is 0 Å². The second-order valence-electron chi connectivity index (χ2n) is 10.6. The number of hydrogen-bond acceptors (Lipinski definition) is 5. The number of fused-ring (bicyclic) bond motifs is 1. The second kappa shape index (κ2) is 12.8. The van der Waals surface area contributed by atoms with Gasteiger partial charge in [-0.2, -0.15) is 0 Å². The number of benzene rings is 2. The lowest BCUT2D eigenvalue weighted by molar-refractivity contribution is -0.123. The molecule has 4 aromatic rings. The molecule has 0 aliphatic heterocycles. The van der Waals surface area contributed by atoms with Crippen LogP contribution in [0.1, 0.15) is 43.4 Å². The molecule has 1 atom stereocenters. The zero-order valence-electron chi connectivity index (χ0n) is 23.5. The summed E-state index contributed by atoms with van der Waals surface area (Å²) in [7, 11) is 3.21. The summed E-state index contributed by atoms with van der Waals surface area (Å²) in [6, 6.07) is 17.6. The number of rotatable bonds is 10. The summed E-state index contributed by atoms with van der Waals surface area (Å²) in [6.07, 6.45) is 9.16. The van der Waals surface area contributed by atoms with Crippen molar-refractivity contribution < 1.29 is 19.1 Å². The van der Waals surface area contributed by atoms with Crippen molar-refractivity contribution in [3.8, 4) is 11.5 Å². The Morgan fingerprint density at radius 2 is 1.68 bits per heavy atom. The molecule has 9 nitrogen and oxygen atoms in total. The number of carbonyl (C=O) groups is 2. The molecule has 5 rings (SSSR count). The fourth-order valence-corrected chi connectivity index (χ4v) is 5.68. The third kappa shape index (κ3) is 6.62. The Kier molecular flexibility index (Phi) is 8.72. The van der Waals surface area contributed by atoms with Crippen molar-refractivity contribution in [2.24, 2.45) is 0 Å². The number of amides is 3. The molecule has 2 aromatic carbocycles. The van der Waals surface area contributed by atoms with Crippen molar-refractivity contribution >= 4 is 28.5 Å². The van der Waals surface area contributed by atoms with E-state index >= 15 is 0 Å². The van der Waals surface area contributed by atoms with Gasteiger partial charge in [-0.15, -0.1) is 0 Å². The van der Waals surface area contributed by atoms with Crippen LogP contribution in [0.3, 0.4) is 0 Å². The molecule has 41 heavy (non-hydrogen) atoms. The molecule has 3 amide bonds. The van der Waals surface area contributed by atoms with Gasteiger partial charge in [-0.1, -0.05) is 37.5 Å². The minimum atomic E-state index is -0.795. The number of anilines is 1. The number of aromatic amines is 1. The maximum atomic E-state index is 13.8. The Balaban J connectivity index is 1.34. The molecule has 1 fully saturated rings. The Morgan fingerprint density at radius 1 is 0.951 bits per heavy atom. The fraction of sp³-hybridized carbons (Fsp3) is 0.344. The molecule has 2 heterocycles. The average Bonchev–Trinajstić information content (AvgIpc) is 3.43. The van der Waals surface area contributed by atoms with E-state index in [4.69, 9.17) is 14.5 Å². The number of nitrogens with one attached hydrogen (secondary N) is 4. The monoisotopic (exact) mass is 555 g/mol. The molecule has 0 bridgehead atoms. The molecular weight excluding hydrogens is 518 g/mol. The average molecular weight is 556 g/mol. The van der Waals surface area contributed by atoms with Gasteiger partial charge in [0.25, 0.3) is 0 Å². The first-order chi connectivity index (χ1) is 20.0. The van der Waals surface area contributed by atoms with Crippen LogP contribution in [0.15, 0.2) is 73.1 Å². The number of H-pyrrole nitrogens is 1. The first-order valence-electron chi connectivity index (χ1n) is 14.0. The maximum Gasteiger partial charge on any atom is 0.319 e. The highest BCUT2D eigenvalue weighted by atomic mass is 16.5. The number of hydrogen-bond donors (Lipinski definition) is 4. The molecule has 0 radical (unpaired) electrons. The van der Waals surface area contributed by atoms with Crippen molar-refractivity contribution in [3.63, 3.8) is 0 Å². The van der Waals surface area contributed by atoms with Gasteiger partial charge in [-0.25, -0.2) is 4.79 Å². The Hall–Kier alpha value is -4.53. The zero-order valence-corrected chi connectivity index (χ0v) is 23.5. The van der Waals surface area contributed by atoms with Crippen LogP contribution in [-0.2, 0) is 16.6 Å². The highest BCUT2D eigenvalue weighted by Gasteiger charge is 2.36. The summed E-state index contributed by atoms with van der Waals surface area (Å²) < 4.78 is 10.5. The van der Waals surface area contributed by atoms with Gasteiger partial charge in [0.15, 0.2) is 0 Å². The van der Waals surface area contributed by atoms with Gasteiger partial charge < -0.3 is 30.4 Å². The maximum absolute atomic E-state index is 13.8. The van der Waals surface area contributed by atoms with Gasteiger partial charge in [0.05, 0.1) is 20.4 Å². The predicted octanol–water partition coefficient (Wildman–Crippen LogP) is 5.33. The molecule has 2 aromatic heterocycles. The summed E-state index contributed by atoms with van der Waals surface area (Å²) in [6.45, 7) is 0.442. The molecule has 0 saturated heterocycles. The lowest BCUT2D eigenvalue weighted by atomic mass is 9.71.